The topological polar surface area (TPSA) is 60.2 Å². The molecule has 2 aromatic carbocycles. The summed E-state index contributed by atoms with van der Waals surface area (Å²) in [6.45, 7) is 1.35. The van der Waals surface area contributed by atoms with E-state index in [0.717, 1.165) is 30.5 Å². The second-order valence-corrected chi connectivity index (χ2v) is 6.38. The van der Waals surface area contributed by atoms with Crippen LogP contribution in [0.2, 0.25) is 0 Å². The van der Waals surface area contributed by atoms with E-state index in [9.17, 15) is 4.39 Å². The van der Waals surface area contributed by atoms with Crippen LogP contribution in [0.5, 0.6) is 0 Å². The summed E-state index contributed by atoms with van der Waals surface area (Å²) in [7, 11) is 1.73. The van der Waals surface area contributed by atoms with Gasteiger partial charge in [0.1, 0.15) is 5.82 Å². The van der Waals surface area contributed by atoms with E-state index in [4.69, 9.17) is 5.26 Å². The molecule has 0 amide bonds. The van der Waals surface area contributed by atoms with Crippen LogP contribution in [-0.4, -0.2) is 19.6 Å². The molecule has 2 aromatic rings. The molecule has 0 unspecified atom stereocenters. The summed E-state index contributed by atoms with van der Waals surface area (Å²) in [5.74, 6) is 0.527. The Bertz CT molecular complexity index is 801. The molecule has 0 saturated heterocycles. The third kappa shape index (κ3) is 4.16. The third-order valence-corrected chi connectivity index (χ3v) is 4.65. The molecule has 0 bridgehead atoms. The molecule has 128 valence electrons. The molecular weight excluding hydrogens is 315 g/mol. The summed E-state index contributed by atoms with van der Waals surface area (Å²) in [5.41, 5.74) is 2.78. The van der Waals surface area contributed by atoms with Gasteiger partial charge in [-0.05, 0) is 48.2 Å². The lowest BCUT2D eigenvalue weighted by atomic mass is 9.96. The van der Waals surface area contributed by atoms with Crippen molar-refractivity contribution in [2.45, 2.75) is 24.8 Å². The highest BCUT2D eigenvalue weighted by Gasteiger charge is 2.44. The van der Waals surface area contributed by atoms with E-state index in [-0.39, 0.29) is 11.2 Å². The van der Waals surface area contributed by atoms with Crippen molar-refractivity contribution in [3.8, 4) is 6.07 Å². The first-order chi connectivity index (χ1) is 12.1. The maximum absolute atomic E-state index is 13.5. The molecule has 25 heavy (non-hydrogen) atoms. The Morgan fingerprint density at radius 3 is 2.56 bits per heavy atom. The lowest BCUT2D eigenvalue weighted by Gasteiger charge is -2.19. The number of aliphatic imine (C=N–C) groups is 1. The fourth-order valence-corrected chi connectivity index (χ4v) is 2.89. The normalized spacial score (nSPS) is 15.3. The molecule has 1 saturated carbocycles. The van der Waals surface area contributed by atoms with Crippen molar-refractivity contribution >= 4 is 5.96 Å². The van der Waals surface area contributed by atoms with Crippen molar-refractivity contribution in [3.05, 3.63) is 71.0 Å². The van der Waals surface area contributed by atoms with Gasteiger partial charge in [-0.3, -0.25) is 4.99 Å². The highest BCUT2D eigenvalue weighted by atomic mass is 19.1. The number of nitrogens with zero attached hydrogens (tertiary/aromatic N) is 2. The molecule has 0 atom stereocenters. The third-order valence-electron chi connectivity index (χ3n) is 4.65. The van der Waals surface area contributed by atoms with E-state index in [1.54, 1.807) is 31.3 Å². The zero-order valence-corrected chi connectivity index (χ0v) is 14.2. The van der Waals surface area contributed by atoms with Gasteiger partial charge in [0, 0.05) is 25.6 Å². The maximum Gasteiger partial charge on any atom is 0.191 e. The van der Waals surface area contributed by atoms with E-state index in [1.807, 2.05) is 18.2 Å². The zero-order valence-electron chi connectivity index (χ0n) is 14.2. The summed E-state index contributed by atoms with van der Waals surface area (Å²) in [5, 5.41) is 15.4. The Morgan fingerprint density at radius 2 is 1.96 bits per heavy atom. The van der Waals surface area contributed by atoms with Crippen LogP contribution in [0.3, 0.4) is 0 Å². The molecular formula is C20H21FN4. The molecule has 0 radical (unpaired) electrons. The minimum atomic E-state index is -0.188. The molecule has 0 aromatic heterocycles. The van der Waals surface area contributed by atoms with Crippen LogP contribution in [0.25, 0.3) is 0 Å². The molecule has 4 nitrogen and oxygen atoms in total. The number of rotatable bonds is 5. The molecule has 2 N–H and O–H groups in total. The summed E-state index contributed by atoms with van der Waals surface area (Å²) in [6, 6.07) is 16.4. The monoisotopic (exact) mass is 336 g/mol. The number of nitriles is 1. The summed E-state index contributed by atoms with van der Waals surface area (Å²) < 4.78 is 13.5. The molecule has 1 fully saturated rings. The van der Waals surface area contributed by atoms with Crippen LogP contribution < -0.4 is 10.6 Å². The quantitative estimate of drug-likeness (QED) is 0.651. The minimum absolute atomic E-state index is 0.00810. The van der Waals surface area contributed by atoms with E-state index in [2.05, 4.69) is 21.7 Å². The standard InChI is InChI=1S/C20H21FN4/c1-23-19(24-13-16-7-5-15(12-22)6-8-16)25-14-20(9-10-20)17-3-2-4-18(21)11-17/h2-8,11H,9-10,13-14H2,1H3,(H2,23,24,25). The minimum Gasteiger partial charge on any atom is -0.356 e. The van der Waals surface area contributed by atoms with Crippen molar-refractivity contribution in [3.63, 3.8) is 0 Å². The van der Waals surface area contributed by atoms with Crippen LogP contribution in [0.15, 0.2) is 53.5 Å². The van der Waals surface area contributed by atoms with E-state index in [0.29, 0.717) is 18.1 Å². The van der Waals surface area contributed by atoms with E-state index < -0.39 is 0 Å². The molecule has 0 aliphatic heterocycles. The van der Waals surface area contributed by atoms with Crippen LogP contribution in [0, 0.1) is 17.1 Å². The maximum atomic E-state index is 13.5. The van der Waals surface area contributed by atoms with Crippen molar-refractivity contribution in [2.24, 2.45) is 4.99 Å². The van der Waals surface area contributed by atoms with Crippen molar-refractivity contribution in [1.29, 1.82) is 5.26 Å². The van der Waals surface area contributed by atoms with Crippen LogP contribution in [-0.2, 0) is 12.0 Å². The van der Waals surface area contributed by atoms with Gasteiger partial charge >= 0.3 is 0 Å². The number of hydrogen-bond acceptors (Lipinski definition) is 2. The van der Waals surface area contributed by atoms with Gasteiger partial charge in [-0.25, -0.2) is 4.39 Å². The predicted octanol–water partition coefficient (Wildman–Crippen LogP) is 3.09. The second-order valence-electron chi connectivity index (χ2n) is 6.38. The number of guanidine groups is 1. The largest absolute Gasteiger partial charge is 0.356 e. The molecule has 1 aliphatic carbocycles. The lowest BCUT2D eigenvalue weighted by molar-refractivity contribution is 0.607. The van der Waals surface area contributed by atoms with Gasteiger partial charge < -0.3 is 10.6 Å². The Kier molecular flexibility index (Phi) is 4.99. The molecule has 0 spiro atoms. The van der Waals surface area contributed by atoms with Gasteiger partial charge in [-0.1, -0.05) is 24.3 Å². The molecule has 5 heteroatoms. The summed E-state index contributed by atoms with van der Waals surface area (Å²) >= 11 is 0. The molecule has 1 aliphatic rings. The first-order valence-corrected chi connectivity index (χ1v) is 8.35. The van der Waals surface area contributed by atoms with Gasteiger partial charge in [-0.15, -0.1) is 0 Å². The average molecular weight is 336 g/mol. The SMILES string of the molecule is CN=C(NCc1ccc(C#N)cc1)NCC1(c2cccc(F)c2)CC1. The highest BCUT2D eigenvalue weighted by molar-refractivity contribution is 5.79. The number of benzene rings is 2. The van der Waals surface area contributed by atoms with E-state index >= 15 is 0 Å². The molecule has 3 rings (SSSR count). The van der Waals surface area contributed by atoms with Gasteiger partial charge in [0.05, 0.1) is 11.6 Å². The van der Waals surface area contributed by atoms with Crippen LogP contribution in [0.1, 0.15) is 29.5 Å². The number of nitrogens with one attached hydrogen (secondary N) is 2. The van der Waals surface area contributed by atoms with Gasteiger partial charge in [-0.2, -0.15) is 5.26 Å². The predicted molar refractivity (Wildman–Crippen MR) is 96.7 cm³/mol. The fraction of sp³-hybridized carbons (Fsp3) is 0.300. The van der Waals surface area contributed by atoms with Gasteiger partial charge in [0.25, 0.3) is 0 Å². The number of hydrogen-bond donors (Lipinski definition) is 2. The second kappa shape index (κ2) is 7.35. The smallest absolute Gasteiger partial charge is 0.191 e. The van der Waals surface area contributed by atoms with Crippen molar-refractivity contribution < 1.29 is 4.39 Å². The number of halogens is 1. The Morgan fingerprint density at radius 1 is 1.20 bits per heavy atom. The highest BCUT2D eigenvalue weighted by Crippen LogP contribution is 2.47. The first-order valence-electron chi connectivity index (χ1n) is 8.35. The van der Waals surface area contributed by atoms with Crippen molar-refractivity contribution in [2.75, 3.05) is 13.6 Å². The van der Waals surface area contributed by atoms with Crippen molar-refractivity contribution in [1.82, 2.24) is 10.6 Å². The summed E-state index contributed by atoms with van der Waals surface area (Å²) in [4.78, 5) is 4.25. The van der Waals surface area contributed by atoms with Crippen LogP contribution in [0.4, 0.5) is 4.39 Å². The van der Waals surface area contributed by atoms with E-state index in [1.165, 1.54) is 6.07 Å². The Hall–Kier alpha value is -2.87. The van der Waals surface area contributed by atoms with Gasteiger partial charge in [0.15, 0.2) is 5.96 Å². The zero-order chi connectivity index (χ0) is 17.7. The fourth-order valence-electron chi connectivity index (χ4n) is 2.89. The van der Waals surface area contributed by atoms with Crippen LogP contribution >= 0.6 is 0 Å². The Labute approximate surface area is 147 Å². The molecule has 0 heterocycles. The Balaban J connectivity index is 1.55. The summed E-state index contributed by atoms with van der Waals surface area (Å²) in [6.07, 6.45) is 2.10. The lowest BCUT2D eigenvalue weighted by Crippen LogP contribution is -2.40. The van der Waals surface area contributed by atoms with Gasteiger partial charge in [0.2, 0.25) is 0 Å². The first kappa shape index (κ1) is 17.0. The average Bonchev–Trinajstić information content (AvgIpc) is 3.43.